The first-order chi connectivity index (χ1) is 6.72. The number of carbonyl (C=O) groups is 1. The van der Waals surface area contributed by atoms with Crippen LogP contribution in [0.5, 0.6) is 0 Å². The SMILES string of the molecule is CCOC(=O)[C@H]1CN2CC[C@H]1[C@H](N)C2. The summed E-state index contributed by atoms with van der Waals surface area (Å²) in [5.74, 6) is 0.309. The van der Waals surface area contributed by atoms with E-state index in [4.69, 9.17) is 10.5 Å². The average molecular weight is 198 g/mol. The Morgan fingerprint density at radius 1 is 1.57 bits per heavy atom. The van der Waals surface area contributed by atoms with Crippen LogP contribution in [0.25, 0.3) is 0 Å². The molecule has 0 aromatic carbocycles. The zero-order valence-electron chi connectivity index (χ0n) is 8.61. The maximum atomic E-state index is 11.6. The van der Waals surface area contributed by atoms with Gasteiger partial charge in [-0.25, -0.2) is 0 Å². The Labute approximate surface area is 84.4 Å². The number of fused-ring (bicyclic) bond motifs is 3. The molecule has 80 valence electrons. The Balaban J connectivity index is 2.03. The van der Waals surface area contributed by atoms with Crippen molar-refractivity contribution in [3.63, 3.8) is 0 Å². The molecule has 0 amide bonds. The van der Waals surface area contributed by atoms with Gasteiger partial charge in [0.1, 0.15) is 0 Å². The monoisotopic (exact) mass is 198 g/mol. The van der Waals surface area contributed by atoms with Crippen molar-refractivity contribution in [2.45, 2.75) is 19.4 Å². The van der Waals surface area contributed by atoms with E-state index < -0.39 is 0 Å². The zero-order valence-corrected chi connectivity index (χ0v) is 8.61. The molecule has 4 nitrogen and oxygen atoms in total. The summed E-state index contributed by atoms with van der Waals surface area (Å²) in [6.07, 6.45) is 1.05. The van der Waals surface area contributed by atoms with Crippen molar-refractivity contribution in [2.24, 2.45) is 17.6 Å². The van der Waals surface area contributed by atoms with Gasteiger partial charge >= 0.3 is 5.97 Å². The third-order valence-corrected chi connectivity index (χ3v) is 3.36. The summed E-state index contributed by atoms with van der Waals surface area (Å²) in [5.41, 5.74) is 5.99. The van der Waals surface area contributed by atoms with E-state index in [9.17, 15) is 4.79 Å². The van der Waals surface area contributed by atoms with Crippen molar-refractivity contribution in [1.82, 2.24) is 4.90 Å². The van der Waals surface area contributed by atoms with E-state index in [2.05, 4.69) is 4.90 Å². The Kier molecular flexibility index (Phi) is 2.74. The summed E-state index contributed by atoms with van der Waals surface area (Å²) < 4.78 is 5.06. The number of nitrogens with zero attached hydrogens (tertiary/aromatic N) is 1. The van der Waals surface area contributed by atoms with Gasteiger partial charge in [0.25, 0.3) is 0 Å². The summed E-state index contributed by atoms with van der Waals surface area (Å²) in [4.78, 5) is 13.9. The van der Waals surface area contributed by atoms with Crippen LogP contribution in [0.2, 0.25) is 0 Å². The molecule has 1 unspecified atom stereocenters. The van der Waals surface area contributed by atoms with Gasteiger partial charge in [-0.3, -0.25) is 4.79 Å². The van der Waals surface area contributed by atoms with Crippen molar-refractivity contribution in [3.8, 4) is 0 Å². The van der Waals surface area contributed by atoms with Crippen molar-refractivity contribution >= 4 is 5.97 Å². The standard InChI is InChI=1S/C10H18N2O2/c1-2-14-10(13)8-5-12-4-3-7(8)9(11)6-12/h7-9H,2-6,11H2,1H3/t7-,8+,9-/m1/s1. The van der Waals surface area contributed by atoms with Crippen LogP contribution in [0.4, 0.5) is 0 Å². The van der Waals surface area contributed by atoms with E-state index in [0.29, 0.717) is 12.5 Å². The van der Waals surface area contributed by atoms with Gasteiger partial charge in [0, 0.05) is 19.1 Å². The van der Waals surface area contributed by atoms with Crippen LogP contribution in [0, 0.1) is 11.8 Å². The first kappa shape index (κ1) is 9.93. The molecule has 3 rings (SSSR count). The largest absolute Gasteiger partial charge is 0.466 e. The summed E-state index contributed by atoms with van der Waals surface area (Å²) in [7, 11) is 0. The summed E-state index contributed by atoms with van der Waals surface area (Å²) in [6.45, 7) is 5.20. The molecule has 2 N–H and O–H groups in total. The zero-order chi connectivity index (χ0) is 10.1. The van der Waals surface area contributed by atoms with Crippen molar-refractivity contribution in [2.75, 3.05) is 26.2 Å². The quantitative estimate of drug-likeness (QED) is 0.626. The smallest absolute Gasteiger partial charge is 0.310 e. The Morgan fingerprint density at radius 3 is 2.93 bits per heavy atom. The maximum Gasteiger partial charge on any atom is 0.310 e. The number of hydrogen-bond donors (Lipinski definition) is 1. The average Bonchev–Trinajstić information content (AvgIpc) is 2.18. The molecule has 0 aliphatic carbocycles. The molecule has 0 aromatic rings. The van der Waals surface area contributed by atoms with Gasteiger partial charge in [-0.2, -0.15) is 0 Å². The van der Waals surface area contributed by atoms with Crippen molar-refractivity contribution in [1.29, 1.82) is 0 Å². The van der Waals surface area contributed by atoms with Gasteiger partial charge in [-0.15, -0.1) is 0 Å². The third-order valence-electron chi connectivity index (χ3n) is 3.36. The highest BCUT2D eigenvalue weighted by atomic mass is 16.5. The molecule has 0 aromatic heterocycles. The van der Waals surface area contributed by atoms with Gasteiger partial charge < -0.3 is 15.4 Å². The predicted octanol–water partition coefficient (Wildman–Crippen LogP) is -0.171. The number of ether oxygens (including phenoxy) is 1. The first-order valence-electron chi connectivity index (χ1n) is 5.37. The summed E-state index contributed by atoms with van der Waals surface area (Å²) in [6, 6.07) is 0.159. The van der Waals surface area contributed by atoms with E-state index in [-0.39, 0.29) is 17.9 Å². The lowest BCUT2D eigenvalue weighted by molar-refractivity contribution is -0.155. The van der Waals surface area contributed by atoms with E-state index >= 15 is 0 Å². The molecule has 4 atom stereocenters. The lowest BCUT2D eigenvalue weighted by Crippen LogP contribution is -2.60. The normalized spacial score (nSPS) is 41.0. The number of hydrogen-bond acceptors (Lipinski definition) is 4. The molecule has 4 heteroatoms. The maximum absolute atomic E-state index is 11.6. The summed E-state index contributed by atoms with van der Waals surface area (Å²) in [5, 5.41) is 0. The molecule has 3 fully saturated rings. The molecule has 3 heterocycles. The molecular formula is C10H18N2O2. The molecule has 14 heavy (non-hydrogen) atoms. The molecule has 3 aliphatic rings. The van der Waals surface area contributed by atoms with Gasteiger partial charge in [0.15, 0.2) is 0 Å². The van der Waals surface area contributed by atoms with Gasteiger partial charge in [-0.05, 0) is 25.8 Å². The fourth-order valence-electron chi connectivity index (χ4n) is 2.65. The molecule has 3 saturated heterocycles. The number of carbonyl (C=O) groups excluding carboxylic acids is 1. The fraction of sp³-hybridized carbons (Fsp3) is 0.900. The second-order valence-electron chi connectivity index (χ2n) is 4.23. The first-order valence-corrected chi connectivity index (χ1v) is 5.37. The lowest BCUT2D eigenvalue weighted by Gasteiger charge is -2.47. The molecule has 2 bridgehead atoms. The van der Waals surface area contributed by atoms with Crippen LogP contribution in [-0.2, 0) is 9.53 Å². The van der Waals surface area contributed by atoms with Crippen molar-refractivity contribution < 1.29 is 9.53 Å². The topological polar surface area (TPSA) is 55.6 Å². The Morgan fingerprint density at radius 2 is 2.36 bits per heavy atom. The van der Waals surface area contributed by atoms with E-state index in [1.165, 1.54) is 0 Å². The van der Waals surface area contributed by atoms with Crippen LogP contribution in [0.15, 0.2) is 0 Å². The lowest BCUT2D eigenvalue weighted by atomic mass is 9.76. The van der Waals surface area contributed by atoms with Gasteiger partial charge in [-0.1, -0.05) is 0 Å². The van der Waals surface area contributed by atoms with Gasteiger partial charge in [0.2, 0.25) is 0 Å². The van der Waals surface area contributed by atoms with Crippen LogP contribution in [-0.4, -0.2) is 43.2 Å². The number of rotatable bonds is 2. The minimum Gasteiger partial charge on any atom is -0.466 e. The highest BCUT2D eigenvalue weighted by Crippen LogP contribution is 2.32. The molecule has 3 aliphatic heterocycles. The number of piperidine rings is 3. The van der Waals surface area contributed by atoms with Crippen molar-refractivity contribution in [3.05, 3.63) is 0 Å². The highest BCUT2D eigenvalue weighted by Gasteiger charge is 2.43. The Bertz CT molecular complexity index is 232. The predicted molar refractivity (Wildman–Crippen MR) is 52.6 cm³/mol. The fourth-order valence-corrected chi connectivity index (χ4v) is 2.65. The third kappa shape index (κ3) is 1.64. The van der Waals surface area contributed by atoms with E-state index in [1.807, 2.05) is 6.92 Å². The molecular weight excluding hydrogens is 180 g/mol. The molecule has 0 spiro atoms. The van der Waals surface area contributed by atoms with Crippen LogP contribution < -0.4 is 5.73 Å². The van der Waals surface area contributed by atoms with Crippen LogP contribution in [0.3, 0.4) is 0 Å². The second kappa shape index (κ2) is 3.87. The Hall–Kier alpha value is -0.610. The number of nitrogens with two attached hydrogens (primary N) is 1. The van der Waals surface area contributed by atoms with E-state index in [0.717, 1.165) is 26.1 Å². The minimum absolute atomic E-state index is 0.0208. The second-order valence-corrected chi connectivity index (χ2v) is 4.23. The molecule has 0 radical (unpaired) electrons. The van der Waals surface area contributed by atoms with Crippen LogP contribution in [0.1, 0.15) is 13.3 Å². The van der Waals surface area contributed by atoms with Crippen LogP contribution >= 0.6 is 0 Å². The number of esters is 1. The summed E-state index contributed by atoms with van der Waals surface area (Å²) >= 11 is 0. The molecule has 0 saturated carbocycles. The minimum atomic E-state index is -0.0580. The highest BCUT2D eigenvalue weighted by molar-refractivity contribution is 5.73. The van der Waals surface area contributed by atoms with Gasteiger partial charge in [0.05, 0.1) is 12.5 Å². The van der Waals surface area contributed by atoms with E-state index in [1.54, 1.807) is 0 Å².